The van der Waals surface area contributed by atoms with Gasteiger partial charge in [-0.1, -0.05) is 54.1 Å². The predicted octanol–water partition coefficient (Wildman–Crippen LogP) is 3.96. The highest BCUT2D eigenvalue weighted by Crippen LogP contribution is 2.19. The van der Waals surface area contributed by atoms with E-state index in [1.165, 1.54) is 18.4 Å². The van der Waals surface area contributed by atoms with Crippen molar-refractivity contribution in [3.63, 3.8) is 0 Å². The number of hydrogen-bond donors (Lipinski definition) is 1. The monoisotopic (exact) mass is 414 g/mol. The normalized spacial score (nSPS) is 11.6. The molecule has 0 spiro atoms. The van der Waals surface area contributed by atoms with Crippen LogP contribution in [0.4, 0.5) is 0 Å². The van der Waals surface area contributed by atoms with E-state index in [4.69, 9.17) is 16.3 Å². The summed E-state index contributed by atoms with van der Waals surface area (Å²) in [7, 11) is 1.30. The molecule has 1 heterocycles. The number of hydrogen-bond acceptors (Lipinski definition) is 5. The Morgan fingerprint density at radius 2 is 1.96 bits per heavy atom. The Balaban J connectivity index is 1.64. The van der Waals surface area contributed by atoms with Gasteiger partial charge in [-0.15, -0.1) is 11.3 Å². The topological polar surface area (TPSA) is 68.3 Å². The molecule has 28 heavy (non-hydrogen) atoms. The summed E-state index contributed by atoms with van der Waals surface area (Å²) < 4.78 is 4.82. The molecule has 0 aliphatic rings. The predicted molar refractivity (Wildman–Crippen MR) is 109 cm³/mol. The van der Waals surface area contributed by atoms with Crippen LogP contribution in [0.5, 0.6) is 0 Å². The van der Waals surface area contributed by atoms with Crippen molar-refractivity contribution in [2.45, 2.75) is 18.9 Å². The molecule has 1 atom stereocenters. The van der Waals surface area contributed by atoms with Crippen molar-refractivity contribution in [2.75, 3.05) is 7.11 Å². The number of methoxy groups -OCH3 is 1. The maximum absolute atomic E-state index is 12.5. The van der Waals surface area contributed by atoms with E-state index in [1.54, 1.807) is 24.3 Å². The molecule has 1 N–H and O–H groups in total. The maximum Gasteiger partial charge on any atom is 0.333 e. The first-order valence-electron chi connectivity index (χ1n) is 8.65. The van der Waals surface area contributed by atoms with E-state index in [9.17, 15) is 9.59 Å². The molecule has 0 aliphatic carbocycles. The zero-order valence-corrected chi connectivity index (χ0v) is 16.8. The molecule has 2 aromatic carbocycles. The number of benzene rings is 2. The van der Waals surface area contributed by atoms with E-state index in [2.05, 4.69) is 10.3 Å². The Labute approximate surface area is 172 Å². The SMILES string of the molecule is COC(=O)C(NC(=O)Cc1csc(Cc2cccc(Cl)c2)n1)c1ccccc1. The fourth-order valence-electron chi connectivity index (χ4n) is 2.75. The molecular formula is C21H19ClN2O3S. The number of nitrogens with zero attached hydrogens (tertiary/aromatic N) is 1. The van der Waals surface area contributed by atoms with Gasteiger partial charge in [-0.25, -0.2) is 9.78 Å². The van der Waals surface area contributed by atoms with Gasteiger partial charge in [-0.3, -0.25) is 4.79 Å². The van der Waals surface area contributed by atoms with Crippen LogP contribution in [0.3, 0.4) is 0 Å². The van der Waals surface area contributed by atoms with Gasteiger partial charge in [0.1, 0.15) is 0 Å². The van der Waals surface area contributed by atoms with Crippen molar-refractivity contribution < 1.29 is 14.3 Å². The average Bonchev–Trinajstić information content (AvgIpc) is 3.12. The second kappa shape index (κ2) is 9.48. The van der Waals surface area contributed by atoms with E-state index in [0.29, 0.717) is 22.7 Å². The van der Waals surface area contributed by atoms with E-state index in [-0.39, 0.29) is 12.3 Å². The second-order valence-corrected chi connectivity index (χ2v) is 7.53. The summed E-state index contributed by atoms with van der Waals surface area (Å²) in [6.07, 6.45) is 0.744. The van der Waals surface area contributed by atoms with Gasteiger partial charge < -0.3 is 10.1 Å². The molecule has 7 heteroatoms. The highest BCUT2D eigenvalue weighted by atomic mass is 35.5. The van der Waals surface area contributed by atoms with E-state index < -0.39 is 12.0 Å². The standard InChI is InChI=1S/C21H19ClN2O3S/c1-27-21(26)20(15-7-3-2-4-8-15)24-18(25)12-17-13-28-19(23-17)11-14-6-5-9-16(22)10-14/h2-10,13,20H,11-12H2,1H3,(H,24,25). The van der Waals surface area contributed by atoms with Crippen LogP contribution in [0.15, 0.2) is 60.0 Å². The van der Waals surface area contributed by atoms with Crippen molar-refractivity contribution >= 4 is 34.8 Å². The Morgan fingerprint density at radius 3 is 2.68 bits per heavy atom. The Hall–Kier alpha value is -2.70. The molecule has 0 saturated carbocycles. The number of ether oxygens (including phenoxy) is 1. The number of thiazole rings is 1. The second-order valence-electron chi connectivity index (χ2n) is 6.15. The molecule has 1 aromatic heterocycles. The van der Waals surface area contributed by atoms with Crippen molar-refractivity contribution in [1.82, 2.24) is 10.3 Å². The van der Waals surface area contributed by atoms with Crippen LogP contribution in [0.25, 0.3) is 0 Å². The van der Waals surface area contributed by atoms with Crippen LogP contribution >= 0.6 is 22.9 Å². The minimum atomic E-state index is -0.844. The van der Waals surface area contributed by atoms with Gasteiger partial charge in [0.05, 0.1) is 24.2 Å². The fourth-order valence-corrected chi connectivity index (χ4v) is 3.79. The van der Waals surface area contributed by atoms with Crippen LogP contribution in [0.2, 0.25) is 5.02 Å². The minimum absolute atomic E-state index is 0.0897. The molecule has 1 unspecified atom stereocenters. The molecule has 0 saturated heterocycles. The zero-order chi connectivity index (χ0) is 19.9. The first kappa shape index (κ1) is 20.0. The van der Waals surface area contributed by atoms with Crippen molar-refractivity contribution in [1.29, 1.82) is 0 Å². The number of rotatable bonds is 7. The van der Waals surface area contributed by atoms with Crippen LogP contribution < -0.4 is 5.32 Å². The Kier molecular flexibility index (Phi) is 6.79. The lowest BCUT2D eigenvalue weighted by Gasteiger charge is -2.16. The van der Waals surface area contributed by atoms with E-state index in [1.807, 2.05) is 35.7 Å². The summed E-state index contributed by atoms with van der Waals surface area (Å²) >= 11 is 7.51. The third-order valence-electron chi connectivity index (χ3n) is 4.06. The Morgan fingerprint density at radius 1 is 1.18 bits per heavy atom. The van der Waals surface area contributed by atoms with Gasteiger partial charge in [-0.2, -0.15) is 0 Å². The van der Waals surface area contributed by atoms with Crippen LogP contribution in [0.1, 0.15) is 27.9 Å². The van der Waals surface area contributed by atoms with Crippen molar-refractivity contribution in [3.8, 4) is 0 Å². The highest BCUT2D eigenvalue weighted by molar-refractivity contribution is 7.09. The van der Waals surface area contributed by atoms with Crippen molar-refractivity contribution in [3.05, 3.63) is 86.8 Å². The molecule has 0 aliphatic heterocycles. The molecule has 0 fully saturated rings. The lowest BCUT2D eigenvalue weighted by molar-refractivity contribution is -0.145. The quantitative estimate of drug-likeness (QED) is 0.594. The van der Waals surface area contributed by atoms with E-state index in [0.717, 1.165) is 10.6 Å². The van der Waals surface area contributed by atoms with E-state index >= 15 is 0 Å². The number of aromatic nitrogens is 1. The molecule has 144 valence electrons. The number of carbonyl (C=O) groups is 2. The molecule has 5 nitrogen and oxygen atoms in total. The fraction of sp³-hybridized carbons (Fsp3) is 0.190. The number of carbonyl (C=O) groups excluding carboxylic acids is 2. The first-order chi connectivity index (χ1) is 13.5. The largest absolute Gasteiger partial charge is 0.467 e. The van der Waals surface area contributed by atoms with Gasteiger partial charge in [-0.05, 0) is 23.3 Å². The molecular weight excluding hydrogens is 396 g/mol. The highest BCUT2D eigenvalue weighted by Gasteiger charge is 2.23. The van der Waals surface area contributed by atoms with Gasteiger partial charge >= 0.3 is 5.97 Å². The van der Waals surface area contributed by atoms with Gasteiger partial charge in [0.15, 0.2) is 6.04 Å². The summed E-state index contributed by atoms with van der Waals surface area (Å²) in [6, 6.07) is 15.8. The molecule has 3 rings (SSSR count). The smallest absolute Gasteiger partial charge is 0.333 e. The number of esters is 1. The summed E-state index contributed by atoms with van der Waals surface area (Å²) in [5.41, 5.74) is 2.39. The number of halogens is 1. The van der Waals surface area contributed by atoms with Gasteiger partial charge in [0.2, 0.25) is 5.91 Å². The van der Waals surface area contributed by atoms with Gasteiger partial charge in [0, 0.05) is 16.8 Å². The number of amides is 1. The molecule has 0 radical (unpaired) electrons. The van der Waals surface area contributed by atoms with Crippen molar-refractivity contribution in [2.24, 2.45) is 0 Å². The lowest BCUT2D eigenvalue weighted by atomic mass is 10.1. The van der Waals surface area contributed by atoms with Crippen LogP contribution in [-0.2, 0) is 27.2 Å². The Bertz CT molecular complexity index is 959. The molecule has 0 bridgehead atoms. The summed E-state index contributed by atoms with van der Waals surface area (Å²) in [5, 5.41) is 6.17. The van der Waals surface area contributed by atoms with Gasteiger partial charge in [0.25, 0.3) is 0 Å². The van der Waals surface area contributed by atoms with Crippen LogP contribution in [0, 0.1) is 0 Å². The summed E-state index contributed by atoms with van der Waals surface area (Å²) in [5.74, 6) is -0.807. The first-order valence-corrected chi connectivity index (χ1v) is 9.91. The third-order valence-corrected chi connectivity index (χ3v) is 5.19. The maximum atomic E-state index is 12.5. The summed E-state index contributed by atoms with van der Waals surface area (Å²) in [4.78, 5) is 29.0. The molecule has 3 aromatic rings. The molecule has 1 amide bonds. The average molecular weight is 415 g/mol. The third kappa shape index (κ3) is 5.41. The lowest BCUT2D eigenvalue weighted by Crippen LogP contribution is -2.35. The summed E-state index contributed by atoms with van der Waals surface area (Å²) in [6.45, 7) is 0. The zero-order valence-electron chi connectivity index (χ0n) is 15.2. The minimum Gasteiger partial charge on any atom is -0.467 e. The number of nitrogens with one attached hydrogen (secondary N) is 1. The van der Waals surface area contributed by atoms with Crippen LogP contribution in [-0.4, -0.2) is 24.0 Å².